The maximum Gasteiger partial charge on any atom is 0.126 e. The Balaban J connectivity index is 1.75. The molecule has 1 atom stereocenters. The van der Waals surface area contributed by atoms with Gasteiger partial charge in [-0.05, 0) is 57.0 Å². The van der Waals surface area contributed by atoms with Gasteiger partial charge in [0.15, 0.2) is 0 Å². The predicted molar refractivity (Wildman–Crippen MR) is 78.0 cm³/mol. The van der Waals surface area contributed by atoms with Crippen molar-refractivity contribution >= 4 is 0 Å². The molecule has 0 aromatic heterocycles. The normalized spacial score (nSPS) is 19.9. The molecule has 3 heteroatoms. The monoisotopic (exact) mass is 264 g/mol. The van der Waals surface area contributed by atoms with E-state index < -0.39 is 0 Å². The second-order valence-electron chi connectivity index (χ2n) is 5.74. The largest absolute Gasteiger partial charge is 0.313 e. The van der Waals surface area contributed by atoms with Crippen molar-refractivity contribution in [2.75, 3.05) is 26.7 Å². The van der Waals surface area contributed by atoms with E-state index in [1.807, 2.05) is 19.1 Å². The van der Waals surface area contributed by atoms with E-state index in [2.05, 4.69) is 17.3 Å². The maximum atomic E-state index is 13.2. The lowest BCUT2D eigenvalue weighted by molar-refractivity contribution is 0.264. The van der Waals surface area contributed by atoms with Gasteiger partial charge in [0.25, 0.3) is 0 Å². The molecule has 1 fully saturated rings. The van der Waals surface area contributed by atoms with E-state index in [1.165, 1.54) is 24.8 Å². The first-order valence-electron chi connectivity index (χ1n) is 7.32. The zero-order valence-electron chi connectivity index (χ0n) is 12.1. The van der Waals surface area contributed by atoms with Crippen LogP contribution in [0.1, 0.15) is 30.4 Å². The Bertz CT molecular complexity index is 400. The molecule has 0 amide bonds. The molecule has 1 aliphatic rings. The van der Waals surface area contributed by atoms with Crippen LogP contribution in [0.5, 0.6) is 0 Å². The van der Waals surface area contributed by atoms with Gasteiger partial charge >= 0.3 is 0 Å². The molecule has 0 radical (unpaired) electrons. The first-order chi connectivity index (χ1) is 9.15. The molecular formula is C16H25FN2. The lowest BCUT2D eigenvalue weighted by Crippen LogP contribution is -2.42. The number of benzene rings is 1. The molecule has 1 N–H and O–H groups in total. The van der Waals surface area contributed by atoms with E-state index >= 15 is 0 Å². The number of aryl methyl sites for hydroxylation is 1. The van der Waals surface area contributed by atoms with E-state index in [9.17, 15) is 4.39 Å². The Morgan fingerprint density at radius 3 is 2.89 bits per heavy atom. The predicted octanol–water partition coefficient (Wildman–Crippen LogP) is 2.75. The van der Waals surface area contributed by atoms with Crippen molar-refractivity contribution in [1.82, 2.24) is 10.2 Å². The van der Waals surface area contributed by atoms with Gasteiger partial charge in [-0.25, -0.2) is 4.39 Å². The van der Waals surface area contributed by atoms with Gasteiger partial charge in [0.1, 0.15) is 5.82 Å². The molecule has 2 nitrogen and oxygen atoms in total. The van der Waals surface area contributed by atoms with Gasteiger partial charge in [0.2, 0.25) is 0 Å². The molecule has 106 valence electrons. The summed E-state index contributed by atoms with van der Waals surface area (Å²) >= 11 is 0. The number of rotatable bonds is 5. The molecule has 1 heterocycles. The second-order valence-corrected chi connectivity index (χ2v) is 5.74. The summed E-state index contributed by atoms with van der Waals surface area (Å²) in [4.78, 5) is 2.38. The number of piperidine rings is 1. The summed E-state index contributed by atoms with van der Waals surface area (Å²) in [6, 6.07) is 6.08. The van der Waals surface area contributed by atoms with Crippen LogP contribution in [0.2, 0.25) is 0 Å². The highest BCUT2D eigenvalue weighted by atomic mass is 19.1. The Morgan fingerprint density at radius 1 is 1.37 bits per heavy atom. The van der Waals surface area contributed by atoms with Crippen molar-refractivity contribution in [3.05, 3.63) is 35.1 Å². The third-order valence-corrected chi connectivity index (χ3v) is 3.95. The molecule has 1 aromatic rings. The van der Waals surface area contributed by atoms with E-state index in [1.54, 1.807) is 6.07 Å². The SMILES string of the molecule is Cc1cc(CCN(C)CC2CCCCN2)ccc1F. The molecule has 2 rings (SSSR count). The molecule has 19 heavy (non-hydrogen) atoms. The molecular weight excluding hydrogens is 239 g/mol. The van der Waals surface area contributed by atoms with Crippen molar-refractivity contribution in [1.29, 1.82) is 0 Å². The Hall–Kier alpha value is -0.930. The molecule has 0 bridgehead atoms. The van der Waals surface area contributed by atoms with Crippen LogP contribution in [-0.2, 0) is 6.42 Å². The molecule has 0 aliphatic carbocycles. The second kappa shape index (κ2) is 7.01. The highest BCUT2D eigenvalue weighted by molar-refractivity contribution is 5.24. The summed E-state index contributed by atoms with van der Waals surface area (Å²) < 4.78 is 13.2. The lowest BCUT2D eigenvalue weighted by atomic mass is 10.0. The average molecular weight is 264 g/mol. The van der Waals surface area contributed by atoms with Gasteiger partial charge < -0.3 is 10.2 Å². The summed E-state index contributed by atoms with van der Waals surface area (Å²) in [5, 5.41) is 3.57. The van der Waals surface area contributed by atoms with Crippen LogP contribution in [-0.4, -0.2) is 37.6 Å². The number of nitrogens with zero attached hydrogens (tertiary/aromatic N) is 1. The Labute approximate surface area is 116 Å². The number of nitrogens with one attached hydrogen (secondary N) is 1. The average Bonchev–Trinajstić information content (AvgIpc) is 2.41. The molecule has 1 unspecified atom stereocenters. The zero-order valence-corrected chi connectivity index (χ0v) is 12.1. The van der Waals surface area contributed by atoms with Gasteiger partial charge in [-0.15, -0.1) is 0 Å². The minimum Gasteiger partial charge on any atom is -0.313 e. The van der Waals surface area contributed by atoms with Gasteiger partial charge in [-0.3, -0.25) is 0 Å². The van der Waals surface area contributed by atoms with Crippen molar-refractivity contribution in [3.8, 4) is 0 Å². The number of hydrogen-bond donors (Lipinski definition) is 1. The summed E-state index contributed by atoms with van der Waals surface area (Å²) in [5.74, 6) is -0.108. The van der Waals surface area contributed by atoms with Crippen LogP contribution in [0, 0.1) is 12.7 Å². The highest BCUT2D eigenvalue weighted by Crippen LogP contribution is 2.11. The fourth-order valence-electron chi connectivity index (χ4n) is 2.73. The number of likely N-dealkylation sites (N-methyl/N-ethyl adjacent to an activating group) is 1. The van der Waals surface area contributed by atoms with Crippen LogP contribution < -0.4 is 5.32 Å². The molecule has 0 saturated carbocycles. The van der Waals surface area contributed by atoms with Crippen LogP contribution in [0.15, 0.2) is 18.2 Å². The van der Waals surface area contributed by atoms with Crippen molar-refractivity contribution in [2.45, 2.75) is 38.6 Å². The van der Waals surface area contributed by atoms with E-state index in [-0.39, 0.29) is 5.82 Å². The zero-order chi connectivity index (χ0) is 13.7. The quantitative estimate of drug-likeness (QED) is 0.879. The van der Waals surface area contributed by atoms with Crippen LogP contribution >= 0.6 is 0 Å². The van der Waals surface area contributed by atoms with Gasteiger partial charge in [0, 0.05) is 19.1 Å². The van der Waals surface area contributed by atoms with Gasteiger partial charge in [0.05, 0.1) is 0 Å². The number of halogens is 1. The van der Waals surface area contributed by atoms with E-state index in [4.69, 9.17) is 0 Å². The first kappa shape index (κ1) is 14.5. The van der Waals surface area contributed by atoms with E-state index in [0.29, 0.717) is 6.04 Å². The minimum atomic E-state index is -0.108. The topological polar surface area (TPSA) is 15.3 Å². The summed E-state index contributed by atoms with van der Waals surface area (Å²) in [5.41, 5.74) is 1.97. The fourth-order valence-corrected chi connectivity index (χ4v) is 2.73. The summed E-state index contributed by atoms with van der Waals surface area (Å²) in [6.45, 7) is 5.13. The van der Waals surface area contributed by atoms with Crippen molar-refractivity contribution in [2.24, 2.45) is 0 Å². The van der Waals surface area contributed by atoms with Crippen LogP contribution in [0.3, 0.4) is 0 Å². The third-order valence-electron chi connectivity index (χ3n) is 3.95. The first-order valence-corrected chi connectivity index (χ1v) is 7.32. The number of hydrogen-bond acceptors (Lipinski definition) is 2. The third kappa shape index (κ3) is 4.59. The standard InChI is InChI=1S/C16H25FN2/c1-13-11-14(6-7-16(13)17)8-10-19(2)12-15-5-3-4-9-18-15/h6-7,11,15,18H,3-5,8-10,12H2,1-2H3. The lowest BCUT2D eigenvalue weighted by Gasteiger charge is -2.28. The van der Waals surface area contributed by atoms with Gasteiger partial charge in [-0.1, -0.05) is 18.6 Å². The fraction of sp³-hybridized carbons (Fsp3) is 0.625. The smallest absolute Gasteiger partial charge is 0.126 e. The van der Waals surface area contributed by atoms with E-state index in [0.717, 1.165) is 31.6 Å². The Kier molecular flexibility index (Phi) is 5.34. The van der Waals surface area contributed by atoms with Crippen LogP contribution in [0.4, 0.5) is 4.39 Å². The highest BCUT2D eigenvalue weighted by Gasteiger charge is 2.14. The molecule has 1 aliphatic heterocycles. The summed E-state index contributed by atoms with van der Waals surface area (Å²) in [6.07, 6.45) is 4.95. The maximum absolute atomic E-state index is 13.2. The van der Waals surface area contributed by atoms with Crippen molar-refractivity contribution < 1.29 is 4.39 Å². The molecule has 0 spiro atoms. The van der Waals surface area contributed by atoms with Gasteiger partial charge in [-0.2, -0.15) is 0 Å². The molecule has 1 saturated heterocycles. The van der Waals surface area contributed by atoms with Crippen LogP contribution in [0.25, 0.3) is 0 Å². The summed E-state index contributed by atoms with van der Waals surface area (Å²) in [7, 11) is 2.17. The minimum absolute atomic E-state index is 0.108. The van der Waals surface area contributed by atoms with Crippen molar-refractivity contribution in [3.63, 3.8) is 0 Å². The Morgan fingerprint density at radius 2 is 2.21 bits per heavy atom. The molecule has 1 aromatic carbocycles.